The van der Waals surface area contributed by atoms with Crippen LogP contribution >= 0.6 is 15.9 Å². The Hall–Kier alpha value is -1.40. The van der Waals surface area contributed by atoms with Gasteiger partial charge in [-0.25, -0.2) is 4.68 Å². The van der Waals surface area contributed by atoms with Crippen LogP contribution < -0.4 is 4.74 Å². The van der Waals surface area contributed by atoms with Crippen molar-refractivity contribution >= 4 is 15.9 Å². The normalized spacial score (nSPS) is 12.4. The van der Waals surface area contributed by atoms with Crippen molar-refractivity contribution in [3.63, 3.8) is 0 Å². The molecule has 0 radical (unpaired) electrons. The molecular formula is C12H14BrN3O2. The standard InChI is InChI=1S/C12H14BrN3O2/c1-16-11(12(13)14-15-16)10(17)7-8-3-5-9(18-2)6-4-8/h3-6,10,17H,7H2,1-2H3. The second-order valence-corrected chi connectivity index (χ2v) is 4.71. The molecule has 1 unspecified atom stereocenters. The van der Waals surface area contributed by atoms with Gasteiger partial charge in [0.15, 0.2) is 4.60 Å². The van der Waals surface area contributed by atoms with Crippen molar-refractivity contribution in [1.29, 1.82) is 0 Å². The molecule has 6 heteroatoms. The first-order chi connectivity index (χ1) is 8.61. The number of ether oxygens (including phenoxy) is 1. The molecule has 1 aromatic heterocycles. The number of hydrogen-bond donors (Lipinski definition) is 1. The number of aliphatic hydroxyl groups excluding tert-OH is 1. The summed E-state index contributed by atoms with van der Waals surface area (Å²) in [6.45, 7) is 0. The summed E-state index contributed by atoms with van der Waals surface area (Å²) < 4.78 is 7.23. The van der Waals surface area contributed by atoms with Gasteiger partial charge in [0, 0.05) is 13.5 Å². The summed E-state index contributed by atoms with van der Waals surface area (Å²) in [6.07, 6.45) is -0.142. The predicted octanol–water partition coefficient (Wildman–Crippen LogP) is 1.86. The Morgan fingerprint density at radius 2 is 2.06 bits per heavy atom. The lowest BCUT2D eigenvalue weighted by atomic mass is 10.1. The van der Waals surface area contributed by atoms with Crippen molar-refractivity contribution in [3.05, 3.63) is 40.1 Å². The molecule has 0 saturated carbocycles. The molecule has 96 valence electrons. The zero-order chi connectivity index (χ0) is 13.1. The van der Waals surface area contributed by atoms with Gasteiger partial charge in [0.05, 0.1) is 7.11 Å². The first kappa shape index (κ1) is 13.0. The number of nitrogens with zero attached hydrogens (tertiary/aromatic N) is 3. The number of halogens is 1. The number of benzene rings is 1. The first-order valence-corrected chi connectivity index (χ1v) is 6.27. The number of aryl methyl sites for hydroxylation is 1. The van der Waals surface area contributed by atoms with Crippen LogP contribution in [0.3, 0.4) is 0 Å². The van der Waals surface area contributed by atoms with Crippen molar-refractivity contribution in [2.24, 2.45) is 7.05 Å². The fourth-order valence-electron chi connectivity index (χ4n) is 1.77. The first-order valence-electron chi connectivity index (χ1n) is 5.48. The summed E-state index contributed by atoms with van der Waals surface area (Å²) in [7, 11) is 3.38. The van der Waals surface area contributed by atoms with Crippen molar-refractivity contribution in [2.75, 3.05) is 7.11 Å². The summed E-state index contributed by atoms with van der Waals surface area (Å²) in [5.74, 6) is 0.802. The fraction of sp³-hybridized carbons (Fsp3) is 0.333. The monoisotopic (exact) mass is 311 g/mol. The molecule has 0 bridgehead atoms. The number of hydrogen-bond acceptors (Lipinski definition) is 4. The molecule has 0 saturated heterocycles. The lowest BCUT2D eigenvalue weighted by Gasteiger charge is -2.11. The van der Waals surface area contributed by atoms with E-state index in [0.717, 1.165) is 11.3 Å². The van der Waals surface area contributed by atoms with Crippen LogP contribution in [0.2, 0.25) is 0 Å². The van der Waals surface area contributed by atoms with Crippen LogP contribution in [0.5, 0.6) is 5.75 Å². The lowest BCUT2D eigenvalue weighted by molar-refractivity contribution is 0.167. The molecule has 1 atom stereocenters. The summed E-state index contributed by atoms with van der Waals surface area (Å²) in [5, 5.41) is 17.9. The molecule has 0 fully saturated rings. The molecule has 0 spiro atoms. The Kier molecular flexibility index (Phi) is 3.98. The SMILES string of the molecule is COc1ccc(CC(O)c2c(Br)nnn2C)cc1. The molecule has 0 aliphatic rings. The van der Waals surface area contributed by atoms with E-state index in [9.17, 15) is 5.11 Å². The van der Waals surface area contributed by atoms with E-state index in [0.29, 0.717) is 16.7 Å². The summed E-state index contributed by atoms with van der Waals surface area (Å²) in [6, 6.07) is 7.61. The van der Waals surface area contributed by atoms with Crippen LogP contribution in [0.25, 0.3) is 0 Å². The highest BCUT2D eigenvalue weighted by Gasteiger charge is 2.17. The molecule has 0 aliphatic heterocycles. The largest absolute Gasteiger partial charge is 0.497 e. The van der Waals surface area contributed by atoms with E-state index in [-0.39, 0.29) is 0 Å². The predicted molar refractivity (Wildman–Crippen MR) is 70.4 cm³/mol. The van der Waals surface area contributed by atoms with E-state index < -0.39 is 6.10 Å². The molecule has 5 nitrogen and oxygen atoms in total. The van der Waals surface area contributed by atoms with E-state index in [1.807, 2.05) is 24.3 Å². The van der Waals surface area contributed by atoms with Gasteiger partial charge < -0.3 is 9.84 Å². The van der Waals surface area contributed by atoms with E-state index in [1.54, 1.807) is 18.8 Å². The topological polar surface area (TPSA) is 60.2 Å². The van der Waals surface area contributed by atoms with Crippen molar-refractivity contribution in [1.82, 2.24) is 15.0 Å². The quantitative estimate of drug-likeness (QED) is 0.936. The fourth-order valence-corrected chi connectivity index (χ4v) is 2.37. The second kappa shape index (κ2) is 5.49. The third-order valence-electron chi connectivity index (χ3n) is 2.73. The molecule has 1 heterocycles. The minimum Gasteiger partial charge on any atom is -0.497 e. The minimum absolute atomic E-state index is 0.504. The smallest absolute Gasteiger partial charge is 0.154 e. The van der Waals surface area contributed by atoms with Crippen molar-refractivity contribution in [3.8, 4) is 5.75 Å². The summed E-state index contributed by atoms with van der Waals surface area (Å²) in [5.41, 5.74) is 1.70. The maximum Gasteiger partial charge on any atom is 0.154 e. The van der Waals surface area contributed by atoms with Gasteiger partial charge in [-0.15, -0.1) is 5.10 Å². The molecule has 0 amide bonds. The average Bonchev–Trinajstić information content (AvgIpc) is 2.70. The van der Waals surface area contributed by atoms with Crippen LogP contribution in [0.1, 0.15) is 17.4 Å². The van der Waals surface area contributed by atoms with Gasteiger partial charge in [-0.3, -0.25) is 0 Å². The third-order valence-corrected chi connectivity index (χ3v) is 3.30. The second-order valence-electron chi connectivity index (χ2n) is 3.96. The van der Waals surface area contributed by atoms with E-state index in [1.165, 1.54) is 0 Å². The Balaban J connectivity index is 2.13. The maximum absolute atomic E-state index is 10.2. The number of aliphatic hydroxyl groups is 1. The molecule has 1 N–H and O–H groups in total. The third kappa shape index (κ3) is 2.70. The zero-order valence-corrected chi connectivity index (χ0v) is 11.8. The Morgan fingerprint density at radius 3 is 2.56 bits per heavy atom. The van der Waals surface area contributed by atoms with Crippen LogP contribution in [-0.2, 0) is 13.5 Å². The van der Waals surface area contributed by atoms with Crippen molar-refractivity contribution in [2.45, 2.75) is 12.5 Å². The van der Waals surface area contributed by atoms with Gasteiger partial charge in [-0.05, 0) is 33.6 Å². The summed E-state index contributed by atoms with van der Waals surface area (Å²) >= 11 is 3.28. The van der Waals surface area contributed by atoms with Gasteiger partial charge in [0.1, 0.15) is 17.5 Å². The molecule has 2 aromatic rings. The molecule has 2 rings (SSSR count). The maximum atomic E-state index is 10.2. The number of rotatable bonds is 4. The van der Waals surface area contributed by atoms with Gasteiger partial charge in [0.25, 0.3) is 0 Å². The van der Waals surface area contributed by atoms with E-state index in [4.69, 9.17) is 4.74 Å². The van der Waals surface area contributed by atoms with Gasteiger partial charge in [-0.2, -0.15) is 0 Å². The van der Waals surface area contributed by atoms with Crippen LogP contribution in [0.4, 0.5) is 0 Å². The average molecular weight is 312 g/mol. The Bertz CT molecular complexity index is 505. The molecule has 18 heavy (non-hydrogen) atoms. The lowest BCUT2D eigenvalue weighted by Crippen LogP contribution is -2.08. The molecule has 1 aromatic carbocycles. The van der Waals surface area contributed by atoms with Crippen LogP contribution in [-0.4, -0.2) is 27.2 Å². The highest BCUT2D eigenvalue weighted by molar-refractivity contribution is 9.10. The van der Waals surface area contributed by atoms with Gasteiger partial charge >= 0.3 is 0 Å². The highest BCUT2D eigenvalue weighted by Crippen LogP contribution is 2.24. The highest BCUT2D eigenvalue weighted by atomic mass is 79.9. The van der Waals surface area contributed by atoms with Gasteiger partial charge in [-0.1, -0.05) is 17.3 Å². The van der Waals surface area contributed by atoms with E-state index in [2.05, 4.69) is 26.2 Å². The minimum atomic E-state index is -0.646. The Morgan fingerprint density at radius 1 is 1.39 bits per heavy atom. The van der Waals surface area contributed by atoms with Crippen LogP contribution in [0.15, 0.2) is 28.9 Å². The van der Waals surface area contributed by atoms with E-state index >= 15 is 0 Å². The molecule has 0 aliphatic carbocycles. The number of aromatic nitrogens is 3. The Labute approximate surface area is 114 Å². The molecular weight excluding hydrogens is 298 g/mol. The van der Waals surface area contributed by atoms with Crippen molar-refractivity contribution < 1.29 is 9.84 Å². The number of methoxy groups -OCH3 is 1. The van der Waals surface area contributed by atoms with Crippen LogP contribution in [0, 0.1) is 0 Å². The summed E-state index contributed by atoms with van der Waals surface area (Å²) in [4.78, 5) is 0. The zero-order valence-electron chi connectivity index (χ0n) is 10.2. The van der Waals surface area contributed by atoms with Gasteiger partial charge in [0.2, 0.25) is 0 Å².